The number of aliphatic hydroxyl groups excluding tert-OH is 2. The Morgan fingerprint density at radius 2 is 1.76 bits per heavy atom. The van der Waals surface area contributed by atoms with E-state index in [1.165, 1.54) is 51.4 Å². The average molecular weight is 576 g/mol. The van der Waals surface area contributed by atoms with Gasteiger partial charge in [-0.25, -0.2) is 4.79 Å². The summed E-state index contributed by atoms with van der Waals surface area (Å²) in [6, 6.07) is 0. The lowest BCUT2D eigenvalue weighted by Crippen LogP contribution is -2.52. The summed E-state index contributed by atoms with van der Waals surface area (Å²) in [7, 11) is 2.00. The van der Waals surface area contributed by atoms with Gasteiger partial charge >= 0.3 is 6.09 Å². The monoisotopic (exact) mass is 575 g/mol. The van der Waals surface area contributed by atoms with Gasteiger partial charge in [0.2, 0.25) is 0 Å². The number of nitrogens with zero attached hydrogens (tertiary/aromatic N) is 1. The fourth-order valence-electron chi connectivity index (χ4n) is 10.2. The first-order valence-electron chi connectivity index (χ1n) is 17.1. The molecule has 0 aromatic rings. The number of aliphatic hydroxyl groups is 2. The standard InChI is InChI=1S/C35H62N2O4/c1-25(2)8-7-9-26(3)30-12-13-31-29-11-10-27-24-28(14-16-34(27,4)32(29)15-17-35(30,31)5)41-33(40)36-18-19-37(6,20-22-38)21-23-39/h10,25-26,28-32,38-39H,7-9,11-24H2,1-6H3/p+1/t26-,28+,29+,30-,31?,32-,34+,35-/m1/s1. The average Bonchev–Trinajstić information content (AvgIpc) is 3.26. The third-order valence-corrected chi connectivity index (χ3v) is 12.7. The van der Waals surface area contributed by atoms with E-state index in [9.17, 15) is 15.0 Å². The van der Waals surface area contributed by atoms with E-state index in [-0.39, 0.29) is 30.8 Å². The fraction of sp³-hybridized carbons (Fsp3) is 0.914. The minimum atomic E-state index is -0.333. The summed E-state index contributed by atoms with van der Waals surface area (Å²) in [5.74, 6) is 5.03. The number of fused-ring (bicyclic) bond motifs is 5. The maximum absolute atomic E-state index is 12.7. The minimum absolute atomic E-state index is 0.0435. The molecule has 6 heteroatoms. The van der Waals surface area contributed by atoms with Crippen LogP contribution < -0.4 is 5.32 Å². The van der Waals surface area contributed by atoms with Crippen molar-refractivity contribution in [1.29, 1.82) is 0 Å². The number of hydrogen-bond acceptors (Lipinski definition) is 4. The topological polar surface area (TPSA) is 78.8 Å². The molecule has 0 saturated heterocycles. The zero-order valence-electron chi connectivity index (χ0n) is 27.3. The first kappa shape index (κ1) is 32.8. The van der Waals surface area contributed by atoms with Crippen molar-refractivity contribution in [1.82, 2.24) is 5.32 Å². The van der Waals surface area contributed by atoms with Crippen molar-refractivity contribution in [3.63, 3.8) is 0 Å². The van der Waals surface area contributed by atoms with Crippen LogP contribution in [-0.2, 0) is 4.74 Å². The number of amides is 1. The van der Waals surface area contributed by atoms with Crippen molar-refractivity contribution in [2.24, 2.45) is 46.3 Å². The highest BCUT2D eigenvalue weighted by Crippen LogP contribution is 2.67. The van der Waals surface area contributed by atoms with Crippen LogP contribution in [0.25, 0.3) is 0 Å². The van der Waals surface area contributed by atoms with Crippen LogP contribution in [-0.4, -0.2) is 73.3 Å². The van der Waals surface area contributed by atoms with Crippen molar-refractivity contribution in [3.05, 3.63) is 11.6 Å². The summed E-state index contributed by atoms with van der Waals surface area (Å²) in [6.07, 6.45) is 16.2. The molecule has 6 nitrogen and oxygen atoms in total. The minimum Gasteiger partial charge on any atom is -0.446 e. The third-order valence-electron chi connectivity index (χ3n) is 12.7. The van der Waals surface area contributed by atoms with Gasteiger partial charge in [0, 0.05) is 6.42 Å². The Bertz CT molecular complexity index is 899. The summed E-state index contributed by atoms with van der Waals surface area (Å²) in [6.45, 7) is 14.9. The molecule has 236 valence electrons. The lowest BCUT2D eigenvalue weighted by Gasteiger charge is -2.58. The first-order valence-corrected chi connectivity index (χ1v) is 17.1. The Hall–Kier alpha value is -1.11. The van der Waals surface area contributed by atoms with Gasteiger partial charge < -0.3 is 24.7 Å². The van der Waals surface area contributed by atoms with E-state index in [1.54, 1.807) is 5.57 Å². The van der Waals surface area contributed by atoms with Gasteiger partial charge in [-0.1, -0.05) is 65.5 Å². The molecular formula is C35H63N2O4+. The lowest BCUT2D eigenvalue weighted by molar-refractivity contribution is -0.908. The zero-order chi connectivity index (χ0) is 29.8. The highest BCUT2D eigenvalue weighted by atomic mass is 16.6. The number of carbonyl (C=O) groups excluding carboxylic acids is 1. The number of carbonyl (C=O) groups is 1. The van der Waals surface area contributed by atoms with Crippen molar-refractivity contribution in [3.8, 4) is 0 Å². The molecule has 0 heterocycles. The van der Waals surface area contributed by atoms with Gasteiger partial charge in [-0.2, -0.15) is 0 Å². The smallest absolute Gasteiger partial charge is 0.407 e. The number of alkyl carbamates (subject to hydrolysis) is 1. The molecule has 0 aromatic heterocycles. The number of likely N-dealkylation sites (N-methyl/N-ethyl adjacent to an activating group) is 1. The van der Waals surface area contributed by atoms with Gasteiger partial charge in [0.25, 0.3) is 0 Å². The Morgan fingerprint density at radius 1 is 1.02 bits per heavy atom. The van der Waals surface area contributed by atoms with Crippen molar-refractivity contribution in [2.75, 3.05) is 46.4 Å². The SMILES string of the molecule is CC(C)CCC[C@@H](C)[C@H]1CCC2[C@@H]3CC=C4C[C@@H](OC(=O)NCC[N+](C)(CCO)CCO)CC[C@]4(C)[C@@H]3CC[C@@]21C. The quantitative estimate of drug-likeness (QED) is 0.172. The van der Waals surface area contributed by atoms with Crippen LogP contribution in [0.4, 0.5) is 4.79 Å². The van der Waals surface area contributed by atoms with Gasteiger partial charge in [-0.3, -0.25) is 0 Å². The van der Waals surface area contributed by atoms with E-state index in [2.05, 4.69) is 46.0 Å². The predicted octanol–water partition coefficient (Wildman–Crippen LogP) is 6.55. The van der Waals surface area contributed by atoms with Gasteiger partial charge in [-0.15, -0.1) is 0 Å². The normalized spacial score (nSPS) is 35.7. The number of quaternary nitrogens is 1. The predicted molar refractivity (Wildman–Crippen MR) is 166 cm³/mol. The van der Waals surface area contributed by atoms with Crippen molar-refractivity contribution < 1.29 is 24.2 Å². The number of hydrogen-bond donors (Lipinski definition) is 3. The molecule has 0 aromatic carbocycles. The first-order chi connectivity index (χ1) is 19.5. The van der Waals surface area contributed by atoms with Crippen LogP contribution in [0.2, 0.25) is 0 Å². The second-order valence-electron chi connectivity index (χ2n) is 15.7. The van der Waals surface area contributed by atoms with E-state index >= 15 is 0 Å². The van der Waals surface area contributed by atoms with Crippen LogP contribution in [0, 0.1) is 46.3 Å². The molecule has 8 atom stereocenters. The fourth-order valence-corrected chi connectivity index (χ4v) is 10.2. The van der Waals surface area contributed by atoms with Crippen LogP contribution in [0.3, 0.4) is 0 Å². The molecule has 3 N–H and O–H groups in total. The van der Waals surface area contributed by atoms with Crippen LogP contribution in [0.15, 0.2) is 11.6 Å². The van der Waals surface area contributed by atoms with Crippen molar-refractivity contribution in [2.45, 2.75) is 111 Å². The summed E-state index contributed by atoms with van der Waals surface area (Å²) in [5, 5.41) is 21.7. The van der Waals surface area contributed by atoms with Crippen LogP contribution in [0.1, 0.15) is 105 Å². The lowest BCUT2D eigenvalue weighted by atomic mass is 9.47. The second-order valence-corrected chi connectivity index (χ2v) is 15.7. The van der Waals surface area contributed by atoms with E-state index < -0.39 is 0 Å². The molecule has 3 saturated carbocycles. The molecule has 3 fully saturated rings. The molecule has 0 aliphatic heterocycles. The zero-order valence-corrected chi connectivity index (χ0v) is 27.3. The molecule has 4 aliphatic rings. The Morgan fingerprint density at radius 3 is 2.44 bits per heavy atom. The maximum Gasteiger partial charge on any atom is 0.407 e. The summed E-state index contributed by atoms with van der Waals surface area (Å²) in [5.41, 5.74) is 2.33. The van der Waals surface area contributed by atoms with E-state index in [0.29, 0.717) is 36.1 Å². The van der Waals surface area contributed by atoms with Gasteiger partial charge in [0.1, 0.15) is 19.2 Å². The molecule has 4 rings (SSSR count). The van der Waals surface area contributed by atoms with E-state index in [4.69, 9.17) is 4.74 Å². The van der Waals surface area contributed by atoms with E-state index in [1.807, 2.05) is 7.05 Å². The molecule has 0 spiro atoms. The molecule has 4 aliphatic carbocycles. The molecule has 1 unspecified atom stereocenters. The third kappa shape index (κ3) is 7.17. The molecule has 0 bridgehead atoms. The van der Waals surface area contributed by atoms with Gasteiger partial charge in [0.05, 0.1) is 33.4 Å². The number of nitrogens with one attached hydrogen (secondary N) is 1. The molecular weight excluding hydrogens is 512 g/mol. The van der Waals surface area contributed by atoms with Crippen LogP contribution >= 0.6 is 0 Å². The number of rotatable bonds is 13. The summed E-state index contributed by atoms with van der Waals surface area (Å²) < 4.78 is 6.46. The van der Waals surface area contributed by atoms with Crippen LogP contribution in [0.5, 0.6) is 0 Å². The molecule has 0 radical (unpaired) electrons. The Labute approximate surface area is 251 Å². The highest BCUT2D eigenvalue weighted by molar-refractivity contribution is 5.67. The van der Waals surface area contributed by atoms with E-state index in [0.717, 1.165) is 54.8 Å². The second kappa shape index (κ2) is 13.7. The van der Waals surface area contributed by atoms with Gasteiger partial charge in [0.15, 0.2) is 0 Å². The summed E-state index contributed by atoms with van der Waals surface area (Å²) in [4.78, 5) is 12.7. The Kier molecular flexibility index (Phi) is 10.9. The highest BCUT2D eigenvalue weighted by Gasteiger charge is 2.59. The molecule has 1 amide bonds. The Balaban J connectivity index is 1.32. The van der Waals surface area contributed by atoms with Crippen molar-refractivity contribution >= 4 is 6.09 Å². The maximum atomic E-state index is 12.7. The largest absolute Gasteiger partial charge is 0.446 e. The van der Waals surface area contributed by atoms with Gasteiger partial charge in [-0.05, 0) is 91.3 Å². The summed E-state index contributed by atoms with van der Waals surface area (Å²) >= 11 is 0. The number of ether oxygens (including phenoxy) is 1. The molecule has 41 heavy (non-hydrogen) atoms. The number of allylic oxidation sites excluding steroid dienone is 1.